The molecule has 0 unspecified atom stereocenters. The molecule has 11 heteroatoms. The van der Waals surface area contributed by atoms with Crippen molar-refractivity contribution in [2.24, 2.45) is 7.05 Å². The molecule has 4 aromatic rings. The first kappa shape index (κ1) is 31.0. The summed E-state index contributed by atoms with van der Waals surface area (Å²) in [6.07, 6.45) is 3.99. The molecule has 0 bridgehead atoms. The number of carbonyl (C=O) groups excluding carboxylic acids is 1. The summed E-state index contributed by atoms with van der Waals surface area (Å²) in [5, 5.41) is 14.3. The smallest absolute Gasteiger partial charge is 0.351 e. The van der Waals surface area contributed by atoms with Gasteiger partial charge in [-0.1, -0.05) is 44.4 Å². The average Bonchev–Trinajstić information content (AvgIpc) is 3.32. The van der Waals surface area contributed by atoms with Crippen LogP contribution < -0.4 is 16.0 Å². The Bertz CT molecular complexity index is 1510. The summed E-state index contributed by atoms with van der Waals surface area (Å²) in [5.74, 6) is 0.534. The van der Waals surface area contributed by atoms with Crippen molar-refractivity contribution in [2.75, 3.05) is 24.7 Å². The van der Waals surface area contributed by atoms with Gasteiger partial charge >= 0.3 is 6.18 Å². The third kappa shape index (κ3) is 7.84. The largest absolute Gasteiger partial charge is 0.416 e. The summed E-state index contributed by atoms with van der Waals surface area (Å²) >= 11 is 0. The zero-order valence-electron chi connectivity index (χ0n) is 24.5. The first-order valence-corrected chi connectivity index (χ1v) is 14.3. The van der Waals surface area contributed by atoms with Gasteiger partial charge in [0.15, 0.2) is 5.82 Å². The molecule has 0 aliphatic heterocycles. The number of aryl methyl sites for hydroxylation is 2. The van der Waals surface area contributed by atoms with E-state index in [4.69, 9.17) is 4.98 Å². The third-order valence-electron chi connectivity index (χ3n) is 7.14. The summed E-state index contributed by atoms with van der Waals surface area (Å²) in [5.41, 5.74) is 3.17. The molecule has 0 radical (unpaired) electrons. The zero-order valence-corrected chi connectivity index (χ0v) is 24.5. The molecule has 3 N–H and O–H groups in total. The molecule has 1 fully saturated rings. The van der Waals surface area contributed by atoms with Gasteiger partial charge < -0.3 is 16.0 Å². The number of nitrogens with zero attached hydrogens (tertiary/aromatic N) is 4. The number of carbonyl (C=O) groups is 1. The lowest BCUT2D eigenvalue weighted by atomic mass is 9.96. The highest BCUT2D eigenvalue weighted by Crippen LogP contribution is 2.31. The molecular formula is C31H38F3N7O. The Morgan fingerprint density at radius 3 is 2.50 bits per heavy atom. The van der Waals surface area contributed by atoms with E-state index in [1.807, 2.05) is 26.4 Å². The van der Waals surface area contributed by atoms with E-state index in [2.05, 4.69) is 39.0 Å². The van der Waals surface area contributed by atoms with Crippen molar-refractivity contribution in [3.8, 4) is 11.3 Å². The van der Waals surface area contributed by atoms with E-state index in [1.165, 1.54) is 31.4 Å². The molecule has 1 amide bonds. The molecule has 224 valence electrons. The topological polar surface area (TPSA) is 96.8 Å². The van der Waals surface area contributed by atoms with Gasteiger partial charge in [-0.3, -0.25) is 9.48 Å². The fourth-order valence-corrected chi connectivity index (χ4v) is 5.16. The fraction of sp³-hybridized carbons (Fsp3) is 0.419. The Balaban J connectivity index is 0.00000129. The standard InChI is InChI=1S/C29H31F3N6O.C2H7N/c1-3-19-14-20(15-21-17-33-28(36-27(19)21)34-23-10-5-4-6-11-23)24-16-25(37-38(24)2)35-26(39)13-18-8-7-9-22(12-18)29(30,31)32;1-3-2/h7-9,12,14-17,23H,3-6,10-11,13H2,1-2H3,(H,33,34,36)(H,35,37,39);3H,1-2H3. The summed E-state index contributed by atoms with van der Waals surface area (Å²) < 4.78 is 40.7. The highest BCUT2D eigenvalue weighted by atomic mass is 19.4. The Hall–Kier alpha value is -3.99. The molecule has 0 spiro atoms. The molecule has 1 saturated carbocycles. The monoisotopic (exact) mass is 581 g/mol. The number of alkyl halides is 3. The van der Waals surface area contributed by atoms with Crippen LogP contribution in [0.5, 0.6) is 0 Å². The van der Waals surface area contributed by atoms with Gasteiger partial charge in [0.05, 0.1) is 23.2 Å². The van der Waals surface area contributed by atoms with Crippen molar-refractivity contribution in [3.63, 3.8) is 0 Å². The number of hydrogen-bond acceptors (Lipinski definition) is 6. The zero-order chi connectivity index (χ0) is 30.3. The minimum absolute atomic E-state index is 0.194. The predicted octanol–water partition coefficient (Wildman–Crippen LogP) is 6.37. The van der Waals surface area contributed by atoms with Crippen LogP contribution in [0.3, 0.4) is 0 Å². The highest BCUT2D eigenvalue weighted by Gasteiger charge is 2.30. The Morgan fingerprint density at radius 2 is 1.81 bits per heavy atom. The third-order valence-corrected chi connectivity index (χ3v) is 7.14. The molecular weight excluding hydrogens is 543 g/mol. The number of benzene rings is 2. The number of aromatic nitrogens is 4. The minimum atomic E-state index is -4.46. The lowest BCUT2D eigenvalue weighted by Crippen LogP contribution is -2.23. The molecule has 8 nitrogen and oxygen atoms in total. The van der Waals surface area contributed by atoms with Crippen LogP contribution >= 0.6 is 0 Å². The van der Waals surface area contributed by atoms with Crippen LogP contribution in [0.1, 0.15) is 55.7 Å². The molecule has 5 rings (SSSR count). The number of halogens is 3. The van der Waals surface area contributed by atoms with Crippen molar-refractivity contribution in [2.45, 2.75) is 64.1 Å². The van der Waals surface area contributed by atoms with Gasteiger partial charge in [0.25, 0.3) is 0 Å². The summed E-state index contributed by atoms with van der Waals surface area (Å²) in [4.78, 5) is 22.0. The van der Waals surface area contributed by atoms with Gasteiger partial charge in [-0.25, -0.2) is 9.97 Å². The van der Waals surface area contributed by atoms with Gasteiger partial charge in [-0.2, -0.15) is 18.3 Å². The van der Waals surface area contributed by atoms with E-state index >= 15 is 0 Å². The van der Waals surface area contributed by atoms with E-state index in [1.54, 1.807) is 17.8 Å². The molecule has 2 aromatic heterocycles. The first-order valence-electron chi connectivity index (χ1n) is 14.3. The van der Waals surface area contributed by atoms with Crippen LogP contribution in [0, 0.1) is 0 Å². The fourth-order valence-electron chi connectivity index (χ4n) is 5.16. The van der Waals surface area contributed by atoms with Crippen molar-refractivity contribution < 1.29 is 18.0 Å². The second-order valence-electron chi connectivity index (χ2n) is 10.6. The molecule has 42 heavy (non-hydrogen) atoms. The second kappa shape index (κ2) is 13.8. The molecule has 1 aliphatic rings. The predicted molar refractivity (Wildman–Crippen MR) is 160 cm³/mol. The van der Waals surface area contributed by atoms with Crippen LogP contribution in [0.2, 0.25) is 0 Å². The summed E-state index contributed by atoms with van der Waals surface area (Å²) in [6.45, 7) is 2.08. The molecule has 2 aromatic carbocycles. The van der Waals surface area contributed by atoms with Crippen LogP contribution in [0.4, 0.5) is 24.9 Å². The van der Waals surface area contributed by atoms with E-state index < -0.39 is 17.6 Å². The van der Waals surface area contributed by atoms with E-state index in [0.717, 1.165) is 59.1 Å². The number of rotatable bonds is 7. The maximum absolute atomic E-state index is 13.0. The maximum atomic E-state index is 13.0. The van der Waals surface area contributed by atoms with Crippen molar-refractivity contribution in [3.05, 3.63) is 65.4 Å². The number of anilines is 2. The second-order valence-corrected chi connectivity index (χ2v) is 10.6. The Morgan fingerprint density at radius 1 is 1.07 bits per heavy atom. The molecule has 0 saturated heterocycles. The van der Waals surface area contributed by atoms with Crippen molar-refractivity contribution in [1.29, 1.82) is 0 Å². The highest BCUT2D eigenvalue weighted by molar-refractivity contribution is 5.92. The van der Waals surface area contributed by atoms with E-state index in [9.17, 15) is 18.0 Å². The SMILES string of the molecule is CCc1cc(-c2cc(NC(=O)Cc3cccc(C(F)(F)F)c3)nn2C)cc2cnc(NC3CCCCC3)nc12.CNC. The summed E-state index contributed by atoms with van der Waals surface area (Å²) in [7, 11) is 5.53. The van der Waals surface area contributed by atoms with E-state index in [0.29, 0.717) is 17.8 Å². The lowest BCUT2D eigenvalue weighted by Gasteiger charge is -2.22. The molecule has 1 aliphatic carbocycles. The first-order chi connectivity index (χ1) is 20.1. The normalized spacial score (nSPS) is 13.9. The number of nitrogens with one attached hydrogen (secondary N) is 3. The van der Waals surface area contributed by atoms with Gasteiger partial charge in [-0.15, -0.1) is 0 Å². The Kier molecular flexibility index (Phi) is 10.2. The lowest BCUT2D eigenvalue weighted by molar-refractivity contribution is -0.137. The van der Waals surface area contributed by atoms with Crippen LogP contribution in [-0.2, 0) is 30.9 Å². The number of fused-ring (bicyclic) bond motifs is 1. The average molecular weight is 582 g/mol. The Labute approximate surface area is 244 Å². The number of amides is 1. The van der Waals surface area contributed by atoms with Gasteiger partial charge in [0.2, 0.25) is 11.9 Å². The van der Waals surface area contributed by atoms with Crippen LogP contribution in [-0.4, -0.2) is 45.8 Å². The van der Waals surface area contributed by atoms with Gasteiger partial charge in [0.1, 0.15) is 0 Å². The van der Waals surface area contributed by atoms with Gasteiger partial charge in [-0.05, 0) is 62.7 Å². The minimum Gasteiger partial charge on any atom is -0.351 e. The van der Waals surface area contributed by atoms with Crippen molar-refractivity contribution >= 4 is 28.6 Å². The van der Waals surface area contributed by atoms with Crippen molar-refractivity contribution in [1.82, 2.24) is 25.1 Å². The van der Waals surface area contributed by atoms with Gasteiger partial charge in [0, 0.05) is 36.3 Å². The van der Waals surface area contributed by atoms with E-state index in [-0.39, 0.29) is 12.0 Å². The maximum Gasteiger partial charge on any atom is 0.416 e. The van der Waals surface area contributed by atoms with Crippen LogP contribution in [0.15, 0.2) is 48.7 Å². The molecule has 0 atom stereocenters. The summed E-state index contributed by atoms with van der Waals surface area (Å²) in [6, 6.07) is 11.0. The molecule has 2 heterocycles. The number of hydrogen-bond donors (Lipinski definition) is 3. The quantitative estimate of drug-likeness (QED) is 0.235. The van der Waals surface area contributed by atoms with Crippen LogP contribution in [0.25, 0.3) is 22.2 Å².